The molecular weight excluding hydrogens is 286 g/mol. The Kier molecular flexibility index (Phi) is 5.68. The Bertz CT molecular complexity index is 427. The van der Waals surface area contributed by atoms with E-state index < -0.39 is 10.2 Å². The van der Waals surface area contributed by atoms with Crippen LogP contribution in [0.15, 0.2) is 0 Å². The summed E-state index contributed by atoms with van der Waals surface area (Å²) in [6.45, 7) is 9.17. The summed E-state index contributed by atoms with van der Waals surface area (Å²) < 4.78 is 29.1. The molecule has 1 heterocycles. The average molecular weight is 317 g/mol. The molecular formula is C15H31N3O2S. The van der Waals surface area contributed by atoms with E-state index >= 15 is 0 Å². The second-order valence-electron chi connectivity index (χ2n) is 7.76. The molecule has 6 heteroatoms. The third kappa shape index (κ3) is 6.22. The minimum absolute atomic E-state index is 0.154. The molecule has 0 aromatic carbocycles. The van der Waals surface area contributed by atoms with E-state index in [1.807, 2.05) is 0 Å². The Hall–Kier alpha value is -0.170. The fourth-order valence-electron chi connectivity index (χ4n) is 2.68. The van der Waals surface area contributed by atoms with Gasteiger partial charge >= 0.3 is 0 Å². The zero-order valence-electron chi connectivity index (χ0n) is 13.7. The molecule has 0 amide bonds. The fourth-order valence-corrected chi connectivity index (χ4v) is 4.00. The third-order valence-corrected chi connectivity index (χ3v) is 5.83. The predicted octanol–water partition coefficient (Wildman–Crippen LogP) is 1.72. The lowest BCUT2D eigenvalue weighted by molar-refractivity contribution is 0.256. The van der Waals surface area contributed by atoms with Crippen LogP contribution >= 0.6 is 0 Å². The van der Waals surface area contributed by atoms with Crippen molar-refractivity contribution in [2.75, 3.05) is 26.2 Å². The Morgan fingerprint density at radius 1 is 1.19 bits per heavy atom. The van der Waals surface area contributed by atoms with E-state index in [0.717, 1.165) is 25.8 Å². The summed E-state index contributed by atoms with van der Waals surface area (Å²) in [5, 5.41) is 3.52. The van der Waals surface area contributed by atoms with E-state index in [1.165, 1.54) is 12.8 Å². The molecule has 2 fully saturated rings. The number of nitrogens with one attached hydrogen (secondary N) is 2. The Morgan fingerprint density at radius 2 is 1.90 bits per heavy atom. The van der Waals surface area contributed by atoms with Crippen molar-refractivity contribution in [1.29, 1.82) is 0 Å². The SMILES string of the molecule is CC(C)(C)CCNS(=O)(=O)N1CCCC(CNC2CC2)C1. The van der Waals surface area contributed by atoms with Crippen molar-refractivity contribution in [3.63, 3.8) is 0 Å². The predicted molar refractivity (Wildman–Crippen MR) is 86.3 cm³/mol. The minimum atomic E-state index is -3.31. The smallest absolute Gasteiger partial charge is 0.279 e. The number of rotatable bonds is 7. The first kappa shape index (κ1) is 17.2. The highest BCUT2D eigenvalue weighted by molar-refractivity contribution is 7.87. The molecule has 0 bridgehead atoms. The van der Waals surface area contributed by atoms with Gasteiger partial charge in [0, 0.05) is 25.7 Å². The second kappa shape index (κ2) is 6.94. The summed E-state index contributed by atoms with van der Waals surface area (Å²) in [6, 6.07) is 0.696. The summed E-state index contributed by atoms with van der Waals surface area (Å²) in [5.74, 6) is 0.457. The molecule has 1 saturated carbocycles. The number of hydrogen-bond donors (Lipinski definition) is 2. The van der Waals surface area contributed by atoms with Crippen molar-refractivity contribution in [3.8, 4) is 0 Å². The molecule has 2 rings (SSSR count). The van der Waals surface area contributed by atoms with Crippen molar-refractivity contribution < 1.29 is 8.42 Å². The molecule has 2 N–H and O–H groups in total. The first-order valence-electron chi connectivity index (χ1n) is 8.24. The lowest BCUT2D eigenvalue weighted by Crippen LogP contribution is -2.48. The van der Waals surface area contributed by atoms with E-state index in [2.05, 4.69) is 30.8 Å². The summed E-state index contributed by atoms with van der Waals surface area (Å²) >= 11 is 0. The summed E-state index contributed by atoms with van der Waals surface area (Å²) in [6.07, 6.45) is 5.52. The van der Waals surface area contributed by atoms with Crippen molar-refractivity contribution in [1.82, 2.24) is 14.3 Å². The maximum absolute atomic E-state index is 12.4. The quantitative estimate of drug-likeness (QED) is 0.751. The van der Waals surface area contributed by atoms with Crippen LogP contribution < -0.4 is 10.0 Å². The van der Waals surface area contributed by atoms with Gasteiger partial charge in [-0.3, -0.25) is 0 Å². The highest BCUT2D eigenvalue weighted by atomic mass is 32.2. The van der Waals surface area contributed by atoms with Crippen LogP contribution in [0.2, 0.25) is 0 Å². The van der Waals surface area contributed by atoms with Crippen molar-refractivity contribution in [2.24, 2.45) is 11.3 Å². The van der Waals surface area contributed by atoms with Gasteiger partial charge in [0.1, 0.15) is 0 Å². The van der Waals surface area contributed by atoms with Gasteiger partial charge in [-0.25, -0.2) is 4.72 Å². The molecule has 0 radical (unpaired) electrons. The molecule has 1 aliphatic carbocycles. The molecule has 0 spiro atoms. The van der Waals surface area contributed by atoms with E-state index in [1.54, 1.807) is 4.31 Å². The monoisotopic (exact) mass is 317 g/mol. The molecule has 0 aromatic heterocycles. The highest BCUT2D eigenvalue weighted by Crippen LogP contribution is 2.22. The maximum atomic E-state index is 12.4. The average Bonchev–Trinajstić information content (AvgIpc) is 3.19. The molecule has 1 saturated heterocycles. The van der Waals surface area contributed by atoms with Crippen LogP contribution in [0.1, 0.15) is 52.9 Å². The minimum Gasteiger partial charge on any atom is -0.314 e. The van der Waals surface area contributed by atoms with Crippen LogP contribution in [0.5, 0.6) is 0 Å². The zero-order chi connectivity index (χ0) is 15.5. The zero-order valence-corrected chi connectivity index (χ0v) is 14.5. The molecule has 0 aromatic rings. The van der Waals surface area contributed by atoms with Crippen LogP contribution in [0.4, 0.5) is 0 Å². The molecule has 21 heavy (non-hydrogen) atoms. The van der Waals surface area contributed by atoms with Gasteiger partial charge in [-0.15, -0.1) is 0 Å². The van der Waals surface area contributed by atoms with Gasteiger partial charge < -0.3 is 5.32 Å². The van der Waals surface area contributed by atoms with Gasteiger partial charge in [0.15, 0.2) is 0 Å². The highest BCUT2D eigenvalue weighted by Gasteiger charge is 2.30. The largest absolute Gasteiger partial charge is 0.314 e. The molecule has 2 aliphatic rings. The van der Waals surface area contributed by atoms with Gasteiger partial charge in [0.05, 0.1) is 0 Å². The van der Waals surface area contributed by atoms with Crippen molar-refractivity contribution in [3.05, 3.63) is 0 Å². The fraction of sp³-hybridized carbons (Fsp3) is 1.00. The topological polar surface area (TPSA) is 61.4 Å². The lowest BCUT2D eigenvalue weighted by atomic mass is 9.93. The first-order valence-corrected chi connectivity index (χ1v) is 9.68. The summed E-state index contributed by atoms with van der Waals surface area (Å²) in [5.41, 5.74) is 0.154. The van der Waals surface area contributed by atoms with E-state index in [-0.39, 0.29) is 5.41 Å². The van der Waals surface area contributed by atoms with Gasteiger partial charge in [-0.1, -0.05) is 20.8 Å². The van der Waals surface area contributed by atoms with E-state index in [0.29, 0.717) is 31.6 Å². The van der Waals surface area contributed by atoms with Crippen LogP contribution in [0, 0.1) is 11.3 Å². The third-order valence-electron chi connectivity index (χ3n) is 4.25. The van der Waals surface area contributed by atoms with Crippen molar-refractivity contribution in [2.45, 2.75) is 58.9 Å². The number of piperidine rings is 1. The maximum Gasteiger partial charge on any atom is 0.279 e. The number of nitrogens with zero attached hydrogens (tertiary/aromatic N) is 1. The summed E-state index contributed by atoms with van der Waals surface area (Å²) in [7, 11) is -3.31. The van der Waals surface area contributed by atoms with Crippen LogP contribution in [-0.2, 0) is 10.2 Å². The molecule has 124 valence electrons. The first-order chi connectivity index (χ1) is 9.76. The van der Waals surface area contributed by atoms with Crippen LogP contribution in [-0.4, -0.2) is 44.9 Å². The van der Waals surface area contributed by atoms with Crippen molar-refractivity contribution >= 4 is 10.2 Å². The standard InChI is InChI=1S/C15H31N3O2S/c1-15(2,3)8-9-17-21(19,20)18-10-4-5-13(12-18)11-16-14-6-7-14/h13-14,16-17H,4-12H2,1-3H3. The van der Waals surface area contributed by atoms with Gasteiger partial charge in [0.2, 0.25) is 0 Å². The molecule has 1 unspecified atom stereocenters. The Balaban J connectivity index is 1.77. The molecule has 1 atom stereocenters. The number of hydrogen-bond acceptors (Lipinski definition) is 3. The van der Waals surface area contributed by atoms with Gasteiger partial charge in [-0.2, -0.15) is 12.7 Å². The van der Waals surface area contributed by atoms with E-state index in [9.17, 15) is 8.42 Å². The Labute approximate surface area is 130 Å². The van der Waals surface area contributed by atoms with E-state index in [4.69, 9.17) is 0 Å². The van der Waals surface area contributed by atoms with Crippen LogP contribution in [0.3, 0.4) is 0 Å². The van der Waals surface area contributed by atoms with Gasteiger partial charge in [0.25, 0.3) is 10.2 Å². The normalized spacial score (nSPS) is 25.2. The van der Waals surface area contributed by atoms with Crippen LogP contribution in [0.25, 0.3) is 0 Å². The lowest BCUT2D eigenvalue weighted by Gasteiger charge is -2.32. The Morgan fingerprint density at radius 3 is 2.52 bits per heavy atom. The molecule has 5 nitrogen and oxygen atoms in total. The van der Waals surface area contributed by atoms with Gasteiger partial charge in [-0.05, 0) is 50.0 Å². The molecule has 1 aliphatic heterocycles. The summed E-state index contributed by atoms with van der Waals surface area (Å²) in [4.78, 5) is 0. The second-order valence-corrected chi connectivity index (χ2v) is 9.51.